The Balaban J connectivity index is 1.98. The third-order valence-corrected chi connectivity index (χ3v) is 4.48. The highest BCUT2D eigenvalue weighted by Gasteiger charge is 2.15. The van der Waals surface area contributed by atoms with Gasteiger partial charge in [-0.2, -0.15) is 0 Å². The van der Waals surface area contributed by atoms with Crippen molar-refractivity contribution in [2.24, 2.45) is 0 Å². The quantitative estimate of drug-likeness (QED) is 0.889. The standard InChI is InChI=1S/C14H21NOS/c1-11-9-14(4-3-12(11)10-15-2)17-13-5-7-16-8-6-13/h3-4,9,13,15H,5-8,10H2,1-2H3. The first-order chi connectivity index (χ1) is 8.29. The second kappa shape index (κ2) is 6.43. The van der Waals surface area contributed by atoms with Crippen molar-refractivity contribution in [2.45, 2.75) is 36.5 Å². The monoisotopic (exact) mass is 251 g/mol. The van der Waals surface area contributed by atoms with E-state index < -0.39 is 0 Å². The second-order valence-electron chi connectivity index (χ2n) is 4.55. The molecular formula is C14H21NOS. The third kappa shape index (κ3) is 3.73. The minimum atomic E-state index is 0.735. The molecule has 0 aromatic heterocycles. The van der Waals surface area contributed by atoms with Gasteiger partial charge in [0.2, 0.25) is 0 Å². The van der Waals surface area contributed by atoms with E-state index in [1.54, 1.807) is 0 Å². The number of ether oxygens (including phenoxy) is 1. The van der Waals surface area contributed by atoms with Crippen LogP contribution in [-0.4, -0.2) is 25.5 Å². The van der Waals surface area contributed by atoms with Crippen molar-refractivity contribution in [2.75, 3.05) is 20.3 Å². The molecule has 3 heteroatoms. The molecule has 1 fully saturated rings. The van der Waals surface area contributed by atoms with Crippen molar-refractivity contribution in [3.05, 3.63) is 29.3 Å². The Labute approximate surface area is 108 Å². The lowest BCUT2D eigenvalue weighted by atomic mass is 10.1. The van der Waals surface area contributed by atoms with Gasteiger partial charge in [0.25, 0.3) is 0 Å². The molecule has 0 radical (unpaired) electrons. The fourth-order valence-corrected chi connectivity index (χ4v) is 3.32. The van der Waals surface area contributed by atoms with E-state index >= 15 is 0 Å². The maximum atomic E-state index is 5.39. The lowest BCUT2D eigenvalue weighted by Gasteiger charge is -2.21. The van der Waals surface area contributed by atoms with Gasteiger partial charge in [0.15, 0.2) is 0 Å². The van der Waals surface area contributed by atoms with E-state index in [1.807, 2.05) is 18.8 Å². The highest BCUT2D eigenvalue weighted by Crippen LogP contribution is 2.30. The molecule has 0 unspecified atom stereocenters. The number of thioether (sulfide) groups is 1. The third-order valence-electron chi connectivity index (χ3n) is 3.15. The molecule has 2 nitrogen and oxygen atoms in total. The van der Waals surface area contributed by atoms with E-state index in [4.69, 9.17) is 4.74 Å². The van der Waals surface area contributed by atoms with Crippen LogP contribution in [0.25, 0.3) is 0 Å². The summed E-state index contributed by atoms with van der Waals surface area (Å²) in [5, 5.41) is 3.94. The summed E-state index contributed by atoms with van der Waals surface area (Å²) in [7, 11) is 1.99. The molecule has 94 valence electrons. The molecule has 1 aromatic carbocycles. The van der Waals surface area contributed by atoms with Crippen LogP contribution in [-0.2, 0) is 11.3 Å². The van der Waals surface area contributed by atoms with Crippen LogP contribution in [0.4, 0.5) is 0 Å². The normalized spacial score (nSPS) is 17.3. The van der Waals surface area contributed by atoms with Crippen molar-refractivity contribution < 1.29 is 4.74 Å². The summed E-state index contributed by atoms with van der Waals surface area (Å²) in [4.78, 5) is 1.40. The van der Waals surface area contributed by atoms with Crippen molar-refractivity contribution in [3.63, 3.8) is 0 Å². The summed E-state index contributed by atoms with van der Waals surface area (Å²) < 4.78 is 5.39. The maximum Gasteiger partial charge on any atom is 0.0476 e. The summed E-state index contributed by atoms with van der Waals surface area (Å²) in [6.07, 6.45) is 2.37. The van der Waals surface area contributed by atoms with Crippen LogP contribution in [0.1, 0.15) is 24.0 Å². The molecule has 0 bridgehead atoms. The average molecular weight is 251 g/mol. The predicted octanol–water partition coefficient (Wildman–Crippen LogP) is 2.99. The molecule has 1 heterocycles. The number of hydrogen-bond donors (Lipinski definition) is 1. The van der Waals surface area contributed by atoms with Crippen LogP contribution in [0.3, 0.4) is 0 Å². The van der Waals surface area contributed by atoms with Crippen molar-refractivity contribution in [1.82, 2.24) is 5.32 Å². The molecule has 2 rings (SSSR count). The largest absolute Gasteiger partial charge is 0.381 e. The Morgan fingerprint density at radius 1 is 1.35 bits per heavy atom. The highest BCUT2D eigenvalue weighted by molar-refractivity contribution is 8.00. The van der Waals surface area contributed by atoms with Gasteiger partial charge in [-0.3, -0.25) is 0 Å². The van der Waals surface area contributed by atoms with Crippen LogP contribution in [0.5, 0.6) is 0 Å². The first-order valence-corrected chi connectivity index (χ1v) is 7.16. The SMILES string of the molecule is CNCc1ccc(SC2CCOCC2)cc1C. The van der Waals surface area contributed by atoms with Crippen LogP contribution in [0.2, 0.25) is 0 Å². The minimum Gasteiger partial charge on any atom is -0.381 e. The number of hydrogen-bond acceptors (Lipinski definition) is 3. The summed E-state index contributed by atoms with van der Waals surface area (Å²) >= 11 is 2.01. The van der Waals surface area contributed by atoms with Gasteiger partial charge < -0.3 is 10.1 Å². The smallest absolute Gasteiger partial charge is 0.0476 e. The zero-order valence-corrected chi connectivity index (χ0v) is 11.5. The molecule has 1 aromatic rings. The van der Waals surface area contributed by atoms with Crippen LogP contribution >= 0.6 is 11.8 Å². The topological polar surface area (TPSA) is 21.3 Å². The molecule has 0 aliphatic carbocycles. The predicted molar refractivity (Wildman–Crippen MR) is 73.6 cm³/mol. The van der Waals surface area contributed by atoms with Gasteiger partial charge in [0, 0.05) is 29.9 Å². The Hall–Kier alpha value is -0.510. The van der Waals surface area contributed by atoms with E-state index in [0.717, 1.165) is 25.0 Å². The first-order valence-electron chi connectivity index (χ1n) is 6.28. The molecule has 1 N–H and O–H groups in total. The van der Waals surface area contributed by atoms with Gasteiger partial charge in [-0.25, -0.2) is 0 Å². The molecular weight excluding hydrogens is 230 g/mol. The number of nitrogens with one attached hydrogen (secondary N) is 1. The molecule has 0 spiro atoms. The summed E-state index contributed by atoms with van der Waals surface area (Å²) in [5.41, 5.74) is 2.78. The van der Waals surface area contributed by atoms with E-state index in [0.29, 0.717) is 0 Å². The van der Waals surface area contributed by atoms with Crippen LogP contribution < -0.4 is 5.32 Å². The number of aryl methyl sites for hydroxylation is 1. The fraction of sp³-hybridized carbons (Fsp3) is 0.571. The number of rotatable bonds is 4. The van der Waals surface area contributed by atoms with E-state index in [1.165, 1.54) is 28.9 Å². The maximum absolute atomic E-state index is 5.39. The Bertz CT molecular complexity index is 361. The van der Waals surface area contributed by atoms with Gasteiger partial charge in [-0.1, -0.05) is 6.07 Å². The molecule has 0 atom stereocenters. The van der Waals surface area contributed by atoms with Crippen molar-refractivity contribution >= 4 is 11.8 Å². The molecule has 1 aliphatic rings. The Morgan fingerprint density at radius 3 is 2.76 bits per heavy atom. The zero-order valence-electron chi connectivity index (χ0n) is 10.7. The lowest BCUT2D eigenvalue weighted by Crippen LogP contribution is -2.17. The lowest BCUT2D eigenvalue weighted by molar-refractivity contribution is 0.100. The fourth-order valence-electron chi connectivity index (χ4n) is 2.12. The van der Waals surface area contributed by atoms with E-state index in [2.05, 4.69) is 30.4 Å². The first kappa shape index (κ1) is 12.9. The number of benzene rings is 1. The van der Waals surface area contributed by atoms with E-state index in [9.17, 15) is 0 Å². The van der Waals surface area contributed by atoms with Crippen molar-refractivity contribution in [3.8, 4) is 0 Å². The van der Waals surface area contributed by atoms with Gasteiger partial charge in [0.05, 0.1) is 0 Å². The minimum absolute atomic E-state index is 0.735. The van der Waals surface area contributed by atoms with Crippen LogP contribution in [0.15, 0.2) is 23.1 Å². The van der Waals surface area contributed by atoms with Gasteiger partial charge in [0.1, 0.15) is 0 Å². The second-order valence-corrected chi connectivity index (χ2v) is 5.92. The Kier molecular flexibility index (Phi) is 4.89. The molecule has 1 aliphatic heterocycles. The van der Waals surface area contributed by atoms with Gasteiger partial charge >= 0.3 is 0 Å². The van der Waals surface area contributed by atoms with Crippen LogP contribution in [0, 0.1) is 6.92 Å². The molecule has 0 amide bonds. The summed E-state index contributed by atoms with van der Waals surface area (Å²) in [6, 6.07) is 6.81. The van der Waals surface area contributed by atoms with E-state index in [-0.39, 0.29) is 0 Å². The molecule has 1 saturated heterocycles. The summed E-state index contributed by atoms with van der Waals surface area (Å²) in [5.74, 6) is 0. The van der Waals surface area contributed by atoms with Crippen molar-refractivity contribution in [1.29, 1.82) is 0 Å². The van der Waals surface area contributed by atoms with Gasteiger partial charge in [-0.05, 0) is 50.1 Å². The highest BCUT2D eigenvalue weighted by atomic mass is 32.2. The van der Waals surface area contributed by atoms with Gasteiger partial charge in [-0.15, -0.1) is 11.8 Å². The Morgan fingerprint density at radius 2 is 2.12 bits per heavy atom. The molecule has 17 heavy (non-hydrogen) atoms. The average Bonchev–Trinajstić information content (AvgIpc) is 2.34. The zero-order chi connectivity index (χ0) is 12.1. The molecule has 0 saturated carbocycles. The summed E-state index contributed by atoms with van der Waals surface area (Å²) in [6.45, 7) is 5.00.